The fraction of sp³-hybridized carbons (Fsp3) is 0.500. The molecule has 0 saturated heterocycles. The minimum atomic E-state index is -3.52. The van der Waals surface area contributed by atoms with E-state index >= 15 is 0 Å². The van der Waals surface area contributed by atoms with Gasteiger partial charge in [-0.05, 0) is 13.0 Å². The highest BCUT2D eigenvalue weighted by molar-refractivity contribution is 7.90. The van der Waals surface area contributed by atoms with Crippen molar-refractivity contribution in [2.45, 2.75) is 18.7 Å². The molecule has 7 heteroatoms. The molecule has 0 spiro atoms. The zero-order valence-electron chi connectivity index (χ0n) is 8.29. The van der Waals surface area contributed by atoms with Crippen molar-refractivity contribution in [2.75, 3.05) is 6.54 Å². The van der Waals surface area contributed by atoms with Crippen LogP contribution in [0.2, 0.25) is 0 Å². The molecule has 1 aromatic heterocycles. The van der Waals surface area contributed by atoms with E-state index in [0.717, 1.165) is 0 Å². The number of nitriles is 1. The van der Waals surface area contributed by atoms with Crippen molar-refractivity contribution in [3.63, 3.8) is 0 Å². The standard InChI is InChI=1S/C8H12N4O2S/c1-8(7-9)15(13,14)11-4-6-12-5-2-3-10-12/h2-3,5,8,11H,4,6H2,1H3. The molecule has 0 aliphatic rings. The van der Waals surface area contributed by atoms with Gasteiger partial charge in [-0.1, -0.05) is 0 Å². The van der Waals surface area contributed by atoms with Gasteiger partial charge in [0.25, 0.3) is 0 Å². The van der Waals surface area contributed by atoms with E-state index in [1.54, 1.807) is 29.2 Å². The van der Waals surface area contributed by atoms with Crippen LogP contribution in [0.5, 0.6) is 0 Å². The maximum absolute atomic E-state index is 11.3. The Hall–Kier alpha value is -1.39. The Morgan fingerprint density at radius 1 is 1.67 bits per heavy atom. The van der Waals surface area contributed by atoms with Crippen LogP contribution in [-0.2, 0) is 16.6 Å². The molecule has 0 aliphatic heterocycles. The SMILES string of the molecule is CC(C#N)S(=O)(=O)NCCn1cccn1. The smallest absolute Gasteiger partial charge is 0.227 e. The second-order valence-electron chi connectivity index (χ2n) is 2.98. The first-order valence-electron chi connectivity index (χ1n) is 4.42. The average molecular weight is 228 g/mol. The summed E-state index contributed by atoms with van der Waals surface area (Å²) in [6.07, 6.45) is 3.36. The summed E-state index contributed by atoms with van der Waals surface area (Å²) in [5, 5.41) is 11.4. The second kappa shape index (κ2) is 4.91. The Bertz CT molecular complexity index is 432. The highest BCUT2D eigenvalue weighted by atomic mass is 32.2. The first-order chi connectivity index (χ1) is 7.06. The fourth-order valence-corrected chi connectivity index (χ4v) is 1.69. The lowest BCUT2D eigenvalue weighted by atomic mass is 10.5. The zero-order chi connectivity index (χ0) is 11.3. The summed E-state index contributed by atoms with van der Waals surface area (Å²) < 4.78 is 26.6. The molecule has 1 aromatic rings. The van der Waals surface area contributed by atoms with Crippen LogP contribution >= 0.6 is 0 Å². The third-order valence-corrected chi connectivity index (χ3v) is 3.49. The highest BCUT2D eigenvalue weighted by Crippen LogP contribution is 1.95. The number of sulfonamides is 1. The minimum absolute atomic E-state index is 0.232. The molecule has 1 heterocycles. The van der Waals surface area contributed by atoms with Gasteiger partial charge in [-0.25, -0.2) is 13.1 Å². The fourth-order valence-electron chi connectivity index (χ4n) is 0.930. The van der Waals surface area contributed by atoms with Gasteiger partial charge in [-0.15, -0.1) is 0 Å². The number of nitrogens with zero attached hydrogens (tertiary/aromatic N) is 3. The molecule has 6 nitrogen and oxygen atoms in total. The van der Waals surface area contributed by atoms with E-state index in [-0.39, 0.29) is 6.54 Å². The highest BCUT2D eigenvalue weighted by Gasteiger charge is 2.18. The van der Waals surface area contributed by atoms with E-state index in [1.165, 1.54) is 6.92 Å². The predicted molar refractivity (Wildman–Crippen MR) is 54.2 cm³/mol. The molecule has 1 unspecified atom stereocenters. The van der Waals surface area contributed by atoms with Crippen molar-refractivity contribution in [3.8, 4) is 6.07 Å². The molecule has 0 bridgehead atoms. The molecule has 0 amide bonds. The molecular formula is C8H12N4O2S. The van der Waals surface area contributed by atoms with Crippen molar-refractivity contribution < 1.29 is 8.42 Å². The van der Waals surface area contributed by atoms with Crippen molar-refractivity contribution in [1.82, 2.24) is 14.5 Å². The molecule has 0 aliphatic carbocycles. The van der Waals surface area contributed by atoms with Gasteiger partial charge in [0.2, 0.25) is 10.0 Å². The largest absolute Gasteiger partial charge is 0.271 e. The van der Waals surface area contributed by atoms with Crippen LogP contribution in [0.4, 0.5) is 0 Å². The average Bonchev–Trinajstić information content (AvgIpc) is 2.69. The Morgan fingerprint density at radius 3 is 2.93 bits per heavy atom. The monoisotopic (exact) mass is 228 g/mol. The summed E-state index contributed by atoms with van der Waals surface area (Å²) >= 11 is 0. The summed E-state index contributed by atoms with van der Waals surface area (Å²) in [7, 11) is -3.52. The van der Waals surface area contributed by atoms with Crippen molar-refractivity contribution >= 4 is 10.0 Å². The van der Waals surface area contributed by atoms with Crippen LogP contribution in [0.3, 0.4) is 0 Å². The summed E-state index contributed by atoms with van der Waals surface area (Å²) in [5.74, 6) is 0. The van der Waals surface area contributed by atoms with Gasteiger partial charge < -0.3 is 0 Å². The molecule has 1 rings (SSSR count). The van der Waals surface area contributed by atoms with Gasteiger partial charge in [0.1, 0.15) is 0 Å². The number of rotatable bonds is 5. The normalized spacial score (nSPS) is 13.3. The Kier molecular flexibility index (Phi) is 3.82. The molecule has 0 saturated carbocycles. The molecule has 0 aromatic carbocycles. The van der Waals surface area contributed by atoms with Gasteiger partial charge in [0.05, 0.1) is 12.6 Å². The van der Waals surface area contributed by atoms with Crippen molar-refractivity contribution in [2.24, 2.45) is 0 Å². The molecular weight excluding hydrogens is 216 g/mol. The van der Waals surface area contributed by atoms with Crippen LogP contribution in [0.15, 0.2) is 18.5 Å². The van der Waals surface area contributed by atoms with Gasteiger partial charge in [-0.2, -0.15) is 10.4 Å². The molecule has 1 atom stereocenters. The van der Waals surface area contributed by atoms with Crippen LogP contribution in [0.1, 0.15) is 6.92 Å². The van der Waals surface area contributed by atoms with Crippen LogP contribution < -0.4 is 4.72 Å². The summed E-state index contributed by atoms with van der Waals surface area (Å²) in [6.45, 7) is 2.02. The first-order valence-corrected chi connectivity index (χ1v) is 5.96. The van der Waals surface area contributed by atoms with E-state index in [2.05, 4.69) is 9.82 Å². The molecule has 0 fully saturated rings. The van der Waals surface area contributed by atoms with Crippen LogP contribution in [0.25, 0.3) is 0 Å². The summed E-state index contributed by atoms with van der Waals surface area (Å²) in [5.41, 5.74) is 0. The Morgan fingerprint density at radius 2 is 2.40 bits per heavy atom. The summed E-state index contributed by atoms with van der Waals surface area (Å²) in [6, 6.07) is 3.43. The number of hydrogen-bond donors (Lipinski definition) is 1. The van der Waals surface area contributed by atoms with Gasteiger partial charge in [0.15, 0.2) is 5.25 Å². The molecule has 1 N–H and O–H groups in total. The minimum Gasteiger partial charge on any atom is -0.271 e. The maximum atomic E-state index is 11.3. The van der Waals surface area contributed by atoms with Gasteiger partial charge in [-0.3, -0.25) is 4.68 Å². The third-order valence-electron chi connectivity index (χ3n) is 1.85. The lowest BCUT2D eigenvalue weighted by Crippen LogP contribution is -2.34. The van der Waals surface area contributed by atoms with Crippen molar-refractivity contribution in [1.29, 1.82) is 5.26 Å². The van der Waals surface area contributed by atoms with Gasteiger partial charge in [0, 0.05) is 18.9 Å². The van der Waals surface area contributed by atoms with E-state index in [1.807, 2.05) is 0 Å². The summed E-state index contributed by atoms with van der Waals surface area (Å²) in [4.78, 5) is 0. The zero-order valence-corrected chi connectivity index (χ0v) is 9.11. The Balaban J connectivity index is 2.42. The van der Waals surface area contributed by atoms with Crippen LogP contribution in [0, 0.1) is 11.3 Å². The second-order valence-corrected chi connectivity index (χ2v) is 5.07. The number of hydrogen-bond acceptors (Lipinski definition) is 4. The molecule has 82 valence electrons. The lowest BCUT2D eigenvalue weighted by Gasteiger charge is -2.07. The van der Waals surface area contributed by atoms with Gasteiger partial charge >= 0.3 is 0 Å². The topological polar surface area (TPSA) is 87.8 Å². The lowest BCUT2D eigenvalue weighted by molar-refractivity contribution is 0.557. The quantitative estimate of drug-likeness (QED) is 0.750. The first kappa shape index (κ1) is 11.7. The third kappa shape index (κ3) is 3.34. The van der Waals surface area contributed by atoms with Crippen LogP contribution in [-0.4, -0.2) is 30.0 Å². The van der Waals surface area contributed by atoms with Crippen molar-refractivity contribution in [3.05, 3.63) is 18.5 Å². The Labute approximate surface area is 88.6 Å². The van der Waals surface area contributed by atoms with E-state index < -0.39 is 15.3 Å². The predicted octanol–water partition coefficient (Wildman–Crippen LogP) is -0.285. The molecule has 15 heavy (non-hydrogen) atoms. The number of nitrogens with one attached hydrogen (secondary N) is 1. The molecule has 0 radical (unpaired) electrons. The van der Waals surface area contributed by atoms with E-state index in [4.69, 9.17) is 5.26 Å². The van der Waals surface area contributed by atoms with E-state index in [9.17, 15) is 8.42 Å². The van der Waals surface area contributed by atoms with E-state index in [0.29, 0.717) is 6.54 Å². The maximum Gasteiger partial charge on any atom is 0.227 e. The number of aromatic nitrogens is 2.